The molecule has 2 rings (SSSR count). The average Bonchev–Trinajstić information content (AvgIpc) is 2.73. The molecule has 1 unspecified atom stereocenters. The van der Waals surface area contributed by atoms with E-state index in [-0.39, 0.29) is 6.04 Å². The largest absolute Gasteiger partial charge is 0.382 e. The monoisotopic (exact) mass is 406 g/mol. The molecule has 3 nitrogen and oxygen atoms in total. The third-order valence-electron chi connectivity index (χ3n) is 2.79. The standard InChI is InChI=1S/C13H13Br2ClN2O/c1-7(2)18-12(11(15)6-17-18)13(19)9-5-8(16)3-4-10(9)14/h3-7,13,19H,1-2H3. The summed E-state index contributed by atoms with van der Waals surface area (Å²) in [7, 11) is 0. The van der Waals surface area contributed by atoms with E-state index in [0.29, 0.717) is 5.02 Å². The predicted molar refractivity (Wildman–Crippen MR) is 83.5 cm³/mol. The van der Waals surface area contributed by atoms with Gasteiger partial charge in [-0.05, 0) is 48.0 Å². The van der Waals surface area contributed by atoms with Crippen molar-refractivity contribution in [3.05, 3.63) is 49.6 Å². The summed E-state index contributed by atoms with van der Waals surface area (Å²) in [5, 5.41) is 15.5. The van der Waals surface area contributed by atoms with E-state index in [4.69, 9.17) is 11.6 Å². The minimum absolute atomic E-state index is 0.161. The van der Waals surface area contributed by atoms with Crippen LogP contribution in [0.2, 0.25) is 5.02 Å². The number of aliphatic hydroxyl groups excluding tert-OH is 1. The molecule has 0 radical (unpaired) electrons. The Kier molecular flexibility index (Phi) is 4.71. The highest BCUT2D eigenvalue weighted by Crippen LogP contribution is 2.35. The van der Waals surface area contributed by atoms with Gasteiger partial charge in [-0.1, -0.05) is 27.5 Å². The quantitative estimate of drug-likeness (QED) is 0.798. The van der Waals surface area contributed by atoms with E-state index in [1.807, 2.05) is 19.9 Å². The zero-order valence-electron chi connectivity index (χ0n) is 10.4. The molecule has 0 amide bonds. The van der Waals surface area contributed by atoms with Crippen LogP contribution in [0.15, 0.2) is 33.3 Å². The van der Waals surface area contributed by atoms with Crippen molar-refractivity contribution < 1.29 is 5.11 Å². The van der Waals surface area contributed by atoms with E-state index < -0.39 is 6.10 Å². The summed E-state index contributed by atoms with van der Waals surface area (Å²) in [6.45, 7) is 4.03. The predicted octanol–water partition coefficient (Wildman–Crippen LogP) is 4.72. The highest BCUT2D eigenvalue weighted by atomic mass is 79.9. The summed E-state index contributed by atoms with van der Waals surface area (Å²) in [6.07, 6.45) is 0.893. The number of benzene rings is 1. The molecule has 1 heterocycles. The lowest BCUT2D eigenvalue weighted by molar-refractivity contribution is 0.203. The lowest BCUT2D eigenvalue weighted by Crippen LogP contribution is -2.13. The Balaban J connectivity index is 2.52. The molecule has 1 atom stereocenters. The first-order valence-electron chi connectivity index (χ1n) is 5.77. The van der Waals surface area contributed by atoms with Crippen molar-refractivity contribution in [1.82, 2.24) is 9.78 Å². The molecule has 0 saturated carbocycles. The molecule has 0 spiro atoms. The van der Waals surface area contributed by atoms with E-state index in [0.717, 1.165) is 20.2 Å². The fraction of sp³-hybridized carbons (Fsp3) is 0.308. The summed E-state index contributed by atoms with van der Waals surface area (Å²) < 4.78 is 3.38. The van der Waals surface area contributed by atoms with Gasteiger partial charge in [0.1, 0.15) is 6.10 Å². The van der Waals surface area contributed by atoms with E-state index in [1.54, 1.807) is 23.0 Å². The van der Waals surface area contributed by atoms with Crippen LogP contribution in [-0.2, 0) is 0 Å². The van der Waals surface area contributed by atoms with Crippen LogP contribution in [0.25, 0.3) is 0 Å². The number of hydrogen-bond acceptors (Lipinski definition) is 2. The number of aromatic nitrogens is 2. The van der Waals surface area contributed by atoms with Gasteiger partial charge in [-0.3, -0.25) is 4.68 Å². The number of aliphatic hydroxyl groups is 1. The molecule has 1 aromatic heterocycles. The zero-order valence-corrected chi connectivity index (χ0v) is 14.4. The van der Waals surface area contributed by atoms with Crippen LogP contribution in [0.3, 0.4) is 0 Å². The van der Waals surface area contributed by atoms with Crippen molar-refractivity contribution in [3.63, 3.8) is 0 Å². The van der Waals surface area contributed by atoms with Crippen molar-refractivity contribution in [2.45, 2.75) is 26.0 Å². The number of rotatable bonds is 3. The fourth-order valence-electron chi connectivity index (χ4n) is 1.89. The maximum Gasteiger partial charge on any atom is 0.123 e. The second-order valence-corrected chi connectivity index (χ2v) is 6.63. The fourth-order valence-corrected chi connectivity index (χ4v) is 3.02. The summed E-state index contributed by atoms with van der Waals surface area (Å²) in [4.78, 5) is 0. The molecule has 102 valence electrons. The second-order valence-electron chi connectivity index (χ2n) is 4.48. The van der Waals surface area contributed by atoms with Gasteiger partial charge in [0.25, 0.3) is 0 Å². The Morgan fingerprint density at radius 3 is 2.58 bits per heavy atom. The topological polar surface area (TPSA) is 38.0 Å². The Hall–Kier alpha value is -0.360. The molecule has 6 heteroatoms. The molecular weight excluding hydrogens is 395 g/mol. The van der Waals surface area contributed by atoms with Crippen LogP contribution < -0.4 is 0 Å². The Morgan fingerprint density at radius 1 is 1.26 bits per heavy atom. The molecule has 0 aliphatic rings. The van der Waals surface area contributed by atoms with Gasteiger partial charge in [0.2, 0.25) is 0 Å². The molecule has 0 aliphatic heterocycles. The van der Waals surface area contributed by atoms with Gasteiger partial charge < -0.3 is 5.11 Å². The van der Waals surface area contributed by atoms with Crippen molar-refractivity contribution in [2.24, 2.45) is 0 Å². The molecule has 1 N–H and O–H groups in total. The van der Waals surface area contributed by atoms with Crippen LogP contribution >= 0.6 is 43.5 Å². The van der Waals surface area contributed by atoms with Gasteiger partial charge >= 0.3 is 0 Å². The van der Waals surface area contributed by atoms with Crippen LogP contribution in [0.1, 0.15) is 37.3 Å². The van der Waals surface area contributed by atoms with Gasteiger partial charge in [-0.15, -0.1) is 0 Å². The summed E-state index contributed by atoms with van der Waals surface area (Å²) in [6, 6.07) is 5.51. The van der Waals surface area contributed by atoms with Gasteiger partial charge in [0.05, 0.1) is 16.4 Å². The van der Waals surface area contributed by atoms with Crippen molar-refractivity contribution in [2.75, 3.05) is 0 Å². The maximum atomic E-state index is 10.6. The highest BCUT2D eigenvalue weighted by Gasteiger charge is 2.22. The molecule has 0 aliphatic carbocycles. The summed E-state index contributed by atoms with van der Waals surface area (Å²) in [5.41, 5.74) is 1.44. The number of nitrogens with zero attached hydrogens (tertiary/aromatic N) is 2. The first-order chi connectivity index (χ1) is 8.91. The highest BCUT2D eigenvalue weighted by molar-refractivity contribution is 9.10. The zero-order chi connectivity index (χ0) is 14.2. The van der Waals surface area contributed by atoms with Crippen molar-refractivity contribution in [1.29, 1.82) is 0 Å². The normalized spacial score (nSPS) is 13.0. The van der Waals surface area contributed by atoms with Gasteiger partial charge in [-0.2, -0.15) is 5.10 Å². The van der Waals surface area contributed by atoms with E-state index in [9.17, 15) is 5.11 Å². The minimum Gasteiger partial charge on any atom is -0.382 e. The van der Waals surface area contributed by atoms with Gasteiger partial charge in [0.15, 0.2) is 0 Å². The van der Waals surface area contributed by atoms with Crippen LogP contribution in [-0.4, -0.2) is 14.9 Å². The Bertz CT molecular complexity index is 598. The summed E-state index contributed by atoms with van der Waals surface area (Å²) >= 11 is 12.9. The van der Waals surface area contributed by atoms with E-state index in [1.165, 1.54) is 0 Å². The first kappa shape index (κ1) is 15.0. The Labute approximate surface area is 133 Å². The van der Waals surface area contributed by atoms with E-state index >= 15 is 0 Å². The molecule has 0 bridgehead atoms. The SMILES string of the molecule is CC(C)n1ncc(Br)c1C(O)c1cc(Cl)ccc1Br. The molecular formula is C13H13Br2ClN2O. The first-order valence-corrected chi connectivity index (χ1v) is 7.74. The average molecular weight is 409 g/mol. The molecule has 19 heavy (non-hydrogen) atoms. The molecule has 2 aromatic rings. The minimum atomic E-state index is -0.799. The molecule has 0 saturated heterocycles. The lowest BCUT2D eigenvalue weighted by Gasteiger charge is -2.18. The van der Waals surface area contributed by atoms with Gasteiger partial charge in [0, 0.05) is 21.1 Å². The number of halogens is 3. The second kappa shape index (κ2) is 5.95. The van der Waals surface area contributed by atoms with E-state index in [2.05, 4.69) is 37.0 Å². The van der Waals surface area contributed by atoms with Crippen LogP contribution in [0.5, 0.6) is 0 Å². The summed E-state index contributed by atoms with van der Waals surface area (Å²) in [5.74, 6) is 0. The lowest BCUT2D eigenvalue weighted by atomic mass is 10.1. The van der Waals surface area contributed by atoms with Crippen LogP contribution in [0, 0.1) is 0 Å². The molecule has 0 fully saturated rings. The maximum absolute atomic E-state index is 10.6. The Morgan fingerprint density at radius 2 is 1.95 bits per heavy atom. The number of hydrogen-bond donors (Lipinski definition) is 1. The van der Waals surface area contributed by atoms with Crippen LogP contribution in [0.4, 0.5) is 0 Å². The third-order valence-corrected chi connectivity index (χ3v) is 4.36. The molecule has 1 aromatic carbocycles. The van der Waals surface area contributed by atoms with Crippen molar-refractivity contribution in [3.8, 4) is 0 Å². The van der Waals surface area contributed by atoms with Gasteiger partial charge in [-0.25, -0.2) is 0 Å². The third kappa shape index (κ3) is 3.05. The van der Waals surface area contributed by atoms with Crippen molar-refractivity contribution >= 4 is 43.5 Å². The smallest absolute Gasteiger partial charge is 0.123 e.